The molecule has 3 aromatic rings. The van der Waals surface area contributed by atoms with E-state index in [-0.39, 0.29) is 4.90 Å². The monoisotopic (exact) mass is 502 g/mol. The van der Waals surface area contributed by atoms with Crippen molar-refractivity contribution in [2.24, 2.45) is 0 Å². The highest BCUT2D eigenvalue weighted by Gasteiger charge is 2.29. The van der Waals surface area contributed by atoms with Crippen molar-refractivity contribution in [2.75, 3.05) is 22.8 Å². The molecule has 0 aromatic heterocycles. The zero-order valence-corrected chi connectivity index (χ0v) is 19.6. The van der Waals surface area contributed by atoms with Gasteiger partial charge in [0.05, 0.1) is 17.2 Å². The van der Waals surface area contributed by atoms with E-state index in [0.717, 1.165) is 14.3 Å². The van der Waals surface area contributed by atoms with Crippen LogP contribution in [0.5, 0.6) is 5.75 Å². The molecule has 0 spiro atoms. The van der Waals surface area contributed by atoms with Crippen LogP contribution in [0.2, 0.25) is 0 Å². The van der Waals surface area contributed by atoms with E-state index < -0.39 is 22.5 Å². The number of ether oxygens (including phenoxy) is 1. The molecule has 0 aliphatic carbocycles. The van der Waals surface area contributed by atoms with Crippen molar-refractivity contribution in [3.8, 4) is 5.75 Å². The van der Waals surface area contributed by atoms with Gasteiger partial charge in [-0.2, -0.15) is 0 Å². The first-order valence-corrected chi connectivity index (χ1v) is 11.9. The first-order chi connectivity index (χ1) is 14.8. The van der Waals surface area contributed by atoms with Gasteiger partial charge in [-0.25, -0.2) is 8.42 Å². The van der Waals surface area contributed by atoms with Crippen molar-refractivity contribution in [1.29, 1.82) is 0 Å². The number of nitrogens with one attached hydrogen (secondary N) is 1. The number of sulfonamides is 1. The second kappa shape index (κ2) is 9.98. The van der Waals surface area contributed by atoms with Gasteiger partial charge in [0, 0.05) is 10.2 Å². The maximum Gasteiger partial charge on any atom is 0.264 e. The number of benzene rings is 3. The second-order valence-electron chi connectivity index (χ2n) is 6.78. The Morgan fingerprint density at radius 1 is 1.03 bits per heavy atom. The van der Waals surface area contributed by atoms with Gasteiger partial charge in [-0.3, -0.25) is 9.10 Å². The molecule has 0 aliphatic rings. The highest BCUT2D eigenvalue weighted by atomic mass is 79.9. The Balaban J connectivity index is 2.00. The van der Waals surface area contributed by atoms with Gasteiger partial charge in [0.2, 0.25) is 5.91 Å². The van der Waals surface area contributed by atoms with Crippen LogP contribution in [0.4, 0.5) is 11.4 Å². The van der Waals surface area contributed by atoms with E-state index >= 15 is 0 Å². The molecule has 0 saturated heterocycles. The molecule has 0 unspecified atom stereocenters. The third-order valence-corrected chi connectivity index (χ3v) is 6.71. The fourth-order valence-electron chi connectivity index (χ4n) is 2.98. The third-order valence-electron chi connectivity index (χ3n) is 4.44. The van der Waals surface area contributed by atoms with Crippen LogP contribution in [0.25, 0.3) is 0 Å². The normalized spacial score (nSPS) is 11.1. The fourth-order valence-corrected chi connectivity index (χ4v) is 4.81. The summed E-state index contributed by atoms with van der Waals surface area (Å²) < 4.78 is 34.6. The molecule has 1 N–H and O–H groups in total. The van der Waals surface area contributed by atoms with Crippen molar-refractivity contribution >= 4 is 43.2 Å². The number of rotatable bonds is 8. The Morgan fingerprint density at radius 3 is 2.42 bits per heavy atom. The zero-order valence-electron chi connectivity index (χ0n) is 17.2. The lowest BCUT2D eigenvalue weighted by atomic mass is 10.2. The number of aryl methyl sites for hydroxylation is 1. The maximum atomic E-state index is 13.5. The fraction of sp³-hybridized carbons (Fsp3) is 0.174. The Labute approximate surface area is 191 Å². The molecular formula is C23H23BrN2O4S. The summed E-state index contributed by atoms with van der Waals surface area (Å²) in [6.07, 6.45) is 0. The van der Waals surface area contributed by atoms with E-state index in [9.17, 15) is 13.2 Å². The van der Waals surface area contributed by atoms with E-state index in [2.05, 4.69) is 21.2 Å². The summed E-state index contributed by atoms with van der Waals surface area (Å²) in [4.78, 5) is 12.9. The molecule has 3 aromatic carbocycles. The van der Waals surface area contributed by atoms with E-state index in [1.807, 2.05) is 19.9 Å². The molecule has 0 aliphatic heterocycles. The minimum absolute atomic E-state index is 0.0969. The van der Waals surface area contributed by atoms with Crippen LogP contribution < -0.4 is 14.4 Å². The molecular weight excluding hydrogens is 480 g/mol. The van der Waals surface area contributed by atoms with Gasteiger partial charge in [0.15, 0.2) is 0 Å². The number of amides is 1. The van der Waals surface area contributed by atoms with Crippen molar-refractivity contribution in [3.05, 3.63) is 82.8 Å². The number of carbonyl (C=O) groups excluding carboxylic acids is 1. The van der Waals surface area contributed by atoms with Crippen LogP contribution in [-0.4, -0.2) is 27.5 Å². The number of para-hydroxylation sites is 2. The summed E-state index contributed by atoms with van der Waals surface area (Å²) in [6.45, 7) is 3.64. The summed E-state index contributed by atoms with van der Waals surface area (Å²) in [7, 11) is -4.02. The van der Waals surface area contributed by atoms with Crippen molar-refractivity contribution < 1.29 is 17.9 Å². The van der Waals surface area contributed by atoms with Crippen LogP contribution in [-0.2, 0) is 14.8 Å². The van der Waals surface area contributed by atoms with Crippen LogP contribution in [0.3, 0.4) is 0 Å². The van der Waals surface area contributed by atoms with Gasteiger partial charge in [-0.1, -0.05) is 51.8 Å². The SMILES string of the molecule is CCOc1ccccc1N(CC(=O)Nc1cccc(Br)c1)S(=O)(=O)c1ccc(C)cc1. The topological polar surface area (TPSA) is 75.7 Å². The Morgan fingerprint density at radius 2 is 1.74 bits per heavy atom. The maximum absolute atomic E-state index is 13.5. The van der Waals surface area contributed by atoms with Crippen molar-refractivity contribution in [1.82, 2.24) is 0 Å². The molecule has 0 saturated carbocycles. The first-order valence-electron chi connectivity index (χ1n) is 9.68. The Hall–Kier alpha value is -2.84. The molecule has 0 heterocycles. The predicted molar refractivity (Wildman–Crippen MR) is 126 cm³/mol. The minimum atomic E-state index is -4.02. The minimum Gasteiger partial charge on any atom is -0.492 e. The molecule has 162 valence electrons. The smallest absolute Gasteiger partial charge is 0.264 e. The quantitative estimate of drug-likeness (QED) is 0.470. The van der Waals surface area contributed by atoms with Crippen molar-refractivity contribution in [2.45, 2.75) is 18.7 Å². The van der Waals surface area contributed by atoms with Gasteiger partial charge in [-0.05, 0) is 56.3 Å². The number of anilines is 2. The molecule has 3 rings (SSSR count). The lowest BCUT2D eigenvalue weighted by molar-refractivity contribution is -0.114. The van der Waals surface area contributed by atoms with E-state index in [1.165, 1.54) is 12.1 Å². The number of hydrogen-bond acceptors (Lipinski definition) is 4. The highest BCUT2D eigenvalue weighted by molar-refractivity contribution is 9.10. The highest BCUT2D eigenvalue weighted by Crippen LogP contribution is 2.32. The average Bonchev–Trinajstić information content (AvgIpc) is 2.73. The molecule has 31 heavy (non-hydrogen) atoms. The number of carbonyl (C=O) groups is 1. The molecule has 0 bridgehead atoms. The number of halogens is 1. The van der Waals surface area contributed by atoms with Crippen LogP contribution in [0.1, 0.15) is 12.5 Å². The molecule has 8 heteroatoms. The summed E-state index contributed by atoms with van der Waals surface area (Å²) in [5, 5.41) is 2.75. The summed E-state index contributed by atoms with van der Waals surface area (Å²) in [5.41, 5.74) is 1.80. The van der Waals surface area contributed by atoms with E-state index in [1.54, 1.807) is 54.6 Å². The van der Waals surface area contributed by atoms with Gasteiger partial charge in [0.25, 0.3) is 10.0 Å². The molecule has 0 radical (unpaired) electrons. The van der Waals surface area contributed by atoms with Gasteiger partial charge in [0.1, 0.15) is 12.3 Å². The lowest BCUT2D eigenvalue weighted by Gasteiger charge is -2.26. The Bertz CT molecular complexity index is 1160. The predicted octanol–water partition coefficient (Wildman–Crippen LogP) is 4.99. The number of hydrogen-bond donors (Lipinski definition) is 1. The van der Waals surface area contributed by atoms with Crippen LogP contribution >= 0.6 is 15.9 Å². The third kappa shape index (κ3) is 5.65. The van der Waals surface area contributed by atoms with Crippen LogP contribution in [0, 0.1) is 6.92 Å². The van der Waals surface area contributed by atoms with Crippen molar-refractivity contribution in [3.63, 3.8) is 0 Å². The van der Waals surface area contributed by atoms with E-state index in [0.29, 0.717) is 23.7 Å². The zero-order chi connectivity index (χ0) is 22.4. The average molecular weight is 503 g/mol. The molecule has 1 amide bonds. The van der Waals surface area contributed by atoms with Gasteiger partial charge in [-0.15, -0.1) is 0 Å². The first kappa shape index (κ1) is 22.8. The second-order valence-corrected chi connectivity index (χ2v) is 9.56. The molecule has 0 fully saturated rings. The Kier molecular flexibility index (Phi) is 7.35. The summed E-state index contributed by atoms with van der Waals surface area (Å²) >= 11 is 3.36. The van der Waals surface area contributed by atoms with Crippen LogP contribution in [0.15, 0.2) is 82.2 Å². The standard InChI is InChI=1S/C23H23BrN2O4S/c1-3-30-22-10-5-4-9-21(22)26(31(28,29)20-13-11-17(2)12-14-20)16-23(27)25-19-8-6-7-18(24)15-19/h4-15H,3,16H2,1-2H3,(H,25,27). The van der Waals surface area contributed by atoms with E-state index in [4.69, 9.17) is 4.74 Å². The van der Waals surface area contributed by atoms with Gasteiger partial charge < -0.3 is 10.1 Å². The molecule has 0 atom stereocenters. The molecule has 6 nitrogen and oxygen atoms in total. The lowest BCUT2D eigenvalue weighted by Crippen LogP contribution is -2.38. The largest absolute Gasteiger partial charge is 0.492 e. The number of nitrogens with zero attached hydrogens (tertiary/aromatic N) is 1. The summed E-state index contributed by atoms with van der Waals surface area (Å²) in [6, 6.07) is 20.4. The summed E-state index contributed by atoms with van der Waals surface area (Å²) in [5.74, 6) is -0.0870. The van der Waals surface area contributed by atoms with Gasteiger partial charge >= 0.3 is 0 Å².